The van der Waals surface area contributed by atoms with Gasteiger partial charge in [0.05, 0.1) is 11.1 Å². The Morgan fingerprint density at radius 3 is 2.55 bits per heavy atom. The Morgan fingerprint density at radius 1 is 1.09 bits per heavy atom. The van der Waals surface area contributed by atoms with Crippen LogP contribution in [0.3, 0.4) is 0 Å². The van der Waals surface area contributed by atoms with E-state index in [0.29, 0.717) is 24.0 Å². The van der Waals surface area contributed by atoms with Gasteiger partial charge in [-0.25, -0.2) is 9.59 Å². The molecule has 0 fully saturated rings. The largest absolute Gasteiger partial charge is 0.386 e. The maximum absolute atomic E-state index is 11.6. The Labute approximate surface area is 132 Å². The van der Waals surface area contributed by atoms with E-state index in [2.05, 4.69) is 43.7 Å². The molecular formula is C19H24O3. The van der Waals surface area contributed by atoms with Gasteiger partial charge in [0.25, 0.3) is 0 Å². The molecule has 0 aromatic rings. The van der Waals surface area contributed by atoms with Crippen molar-refractivity contribution in [2.24, 2.45) is 0 Å². The number of carbonyl (C=O) groups is 2. The second kappa shape index (κ2) is 7.39. The summed E-state index contributed by atoms with van der Waals surface area (Å²) < 4.78 is 4.66. The van der Waals surface area contributed by atoms with Crippen LogP contribution in [0.2, 0.25) is 0 Å². The zero-order chi connectivity index (χ0) is 16.1. The lowest BCUT2D eigenvalue weighted by Crippen LogP contribution is -2.03. The molecule has 3 heteroatoms. The van der Waals surface area contributed by atoms with E-state index in [1.807, 2.05) is 0 Å². The van der Waals surface area contributed by atoms with Gasteiger partial charge in [-0.05, 0) is 52.9 Å². The first-order valence-corrected chi connectivity index (χ1v) is 7.93. The monoisotopic (exact) mass is 300 g/mol. The average molecular weight is 300 g/mol. The molecule has 0 radical (unpaired) electrons. The van der Waals surface area contributed by atoms with Gasteiger partial charge < -0.3 is 4.74 Å². The number of cyclic esters (lactones) is 2. The van der Waals surface area contributed by atoms with Crippen LogP contribution in [0.4, 0.5) is 0 Å². The molecule has 3 nitrogen and oxygen atoms in total. The van der Waals surface area contributed by atoms with Crippen LogP contribution in [0.5, 0.6) is 0 Å². The third-order valence-corrected chi connectivity index (χ3v) is 4.09. The second-order valence-electron chi connectivity index (χ2n) is 6.29. The molecular weight excluding hydrogens is 276 g/mol. The number of esters is 2. The highest BCUT2D eigenvalue weighted by atomic mass is 16.6. The fraction of sp³-hybridized carbons (Fsp3) is 0.474. The third kappa shape index (κ3) is 4.30. The Hall–Kier alpha value is -1.90. The fourth-order valence-corrected chi connectivity index (χ4v) is 2.77. The number of hydrogen-bond acceptors (Lipinski definition) is 3. The Kier molecular flexibility index (Phi) is 5.53. The van der Waals surface area contributed by atoms with E-state index in [9.17, 15) is 9.59 Å². The number of rotatable bonds is 6. The molecule has 0 spiro atoms. The number of allylic oxidation sites excluding steroid dienone is 6. The van der Waals surface area contributed by atoms with E-state index in [-0.39, 0.29) is 0 Å². The van der Waals surface area contributed by atoms with Gasteiger partial charge in [-0.3, -0.25) is 0 Å². The zero-order valence-electron chi connectivity index (χ0n) is 13.7. The highest BCUT2D eigenvalue weighted by Gasteiger charge is 2.34. The van der Waals surface area contributed by atoms with Crippen molar-refractivity contribution in [3.63, 3.8) is 0 Å². The van der Waals surface area contributed by atoms with Crippen LogP contribution in [-0.2, 0) is 14.3 Å². The van der Waals surface area contributed by atoms with Crippen molar-refractivity contribution in [2.45, 2.75) is 59.3 Å². The zero-order valence-corrected chi connectivity index (χ0v) is 13.7. The van der Waals surface area contributed by atoms with Crippen molar-refractivity contribution >= 4 is 11.9 Å². The molecule has 0 atom stereocenters. The Balaban J connectivity index is 1.79. The van der Waals surface area contributed by atoms with Crippen LogP contribution in [0, 0.1) is 0 Å². The standard InChI is InChI=1S/C19H24O3/c1-13(2)6-4-7-14(3)8-5-9-15-10-11-16-17(12-15)19(21)22-18(16)20/h6,8,10H,4-5,7,9,11-12H2,1-3H3. The summed E-state index contributed by atoms with van der Waals surface area (Å²) in [5.41, 5.74) is 5.14. The first kappa shape index (κ1) is 16.5. The molecule has 22 heavy (non-hydrogen) atoms. The fourth-order valence-electron chi connectivity index (χ4n) is 2.77. The Morgan fingerprint density at radius 2 is 1.82 bits per heavy atom. The normalized spacial score (nSPS) is 18.1. The van der Waals surface area contributed by atoms with Crippen LogP contribution >= 0.6 is 0 Å². The van der Waals surface area contributed by atoms with E-state index in [1.165, 1.54) is 16.7 Å². The van der Waals surface area contributed by atoms with E-state index in [1.54, 1.807) is 0 Å². The predicted molar refractivity (Wildman–Crippen MR) is 87.1 cm³/mol. The highest BCUT2D eigenvalue weighted by Crippen LogP contribution is 2.32. The van der Waals surface area contributed by atoms with Crippen LogP contribution in [0.25, 0.3) is 0 Å². The van der Waals surface area contributed by atoms with Crippen LogP contribution in [0.15, 0.2) is 46.1 Å². The van der Waals surface area contributed by atoms with Crippen molar-refractivity contribution in [1.82, 2.24) is 0 Å². The summed E-state index contributed by atoms with van der Waals surface area (Å²) >= 11 is 0. The van der Waals surface area contributed by atoms with Crippen molar-refractivity contribution in [2.75, 3.05) is 0 Å². The first-order valence-electron chi connectivity index (χ1n) is 7.93. The number of ether oxygens (including phenoxy) is 1. The van der Waals surface area contributed by atoms with Crippen molar-refractivity contribution < 1.29 is 14.3 Å². The van der Waals surface area contributed by atoms with Crippen molar-refractivity contribution in [3.05, 3.63) is 46.1 Å². The minimum Gasteiger partial charge on any atom is -0.386 e. The molecule has 0 N–H and O–H groups in total. The molecule has 0 saturated carbocycles. The van der Waals surface area contributed by atoms with Crippen molar-refractivity contribution in [1.29, 1.82) is 0 Å². The van der Waals surface area contributed by atoms with E-state index in [0.717, 1.165) is 25.7 Å². The highest BCUT2D eigenvalue weighted by molar-refractivity contribution is 6.13. The molecule has 0 amide bonds. The lowest BCUT2D eigenvalue weighted by molar-refractivity contribution is -0.151. The summed E-state index contributed by atoms with van der Waals surface area (Å²) in [6.45, 7) is 6.41. The minimum absolute atomic E-state index is 0.445. The maximum Gasteiger partial charge on any atom is 0.342 e. The summed E-state index contributed by atoms with van der Waals surface area (Å²) in [6.07, 6.45) is 11.8. The van der Waals surface area contributed by atoms with Gasteiger partial charge in [-0.15, -0.1) is 0 Å². The van der Waals surface area contributed by atoms with Gasteiger partial charge >= 0.3 is 11.9 Å². The quantitative estimate of drug-likeness (QED) is 0.410. The predicted octanol–water partition coefficient (Wildman–Crippen LogP) is 4.56. The van der Waals surface area contributed by atoms with E-state index >= 15 is 0 Å². The van der Waals surface area contributed by atoms with E-state index < -0.39 is 11.9 Å². The van der Waals surface area contributed by atoms with Gasteiger partial charge in [0.1, 0.15) is 0 Å². The summed E-state index contributed by atoms with van der Waals surface area (Å²) in [5, 5.41) is 0. The molecule has 1 aliphatic heterocycles. The first-order chi connectivity index (χ1) is 10.5. The molecule has 0 aromatic heterocycles. The molecule has 0 aromatic carbocycles. The van der Waals surface area contributed by atoms with Gasteiger partial charge in [-0.1, -0.05) is 34.9 Å². The van der Waals surface area contributed by atoms with Crippen LogP contribution < -0.4 is 0 Å². The molecule has 2 rings (SSSR count). The minimum atomic E-state index is -0.453. The summed E-state index contributed by atoms with van der Waals surface area (Å²) in [6, 6.07) is 0. The lowest BCUT2D eigenvalue weighted by Gasteiger charge is -2.11. The molecule has 0 bridgehead atoms. The maximum atomic E-state index is 11.6. The third-order valence-electron chi connectivity index (χ3n) is 4.09. The summed E-state index contributed by atoms with van der Waals surface area (Å²) in [7, 11) is 0. The molecule has 1 aliphatic carbocycles. The lowest BCUT2D eigenvalue weighted by atomic mass is 9.90. The van der Waals surface area contributed by atoms with Crippen molar-refractivity contribution in [3.8, 4) is 0 Å². The Bertz CT molecular complexity index is 596. The molecule has 0 unspecified atom stereocenters. The molecule has 118 valence electrons. The topological polar surface area (TPSA) is 43.4 Å². The molecule has 1 heterocycles. The van der Waals surface area contributed by atoms with E-state index in [4.69, 9.17) is 0 Å². The molecule has 2 aliphatic rings. The molecule has 0 saturated heterocycles. The van der Waals surface area contributed by atoms with Crippen LogP contribution in [-0.4, -0.2) is 11.9 Å². The van der Waals surface area contributed by atoms with Gasteiger partial charge in [0.15, 0.2) is 0 Å². The number of hydrogen-bond donors (Lipinski definition) is 0. The average Bonchev–Trinajstić information content (AvgIpc) is 2.73. The second-order valence-corrected chi connectivity index (χ2v) is 6.29. The van der Waals surface area contributed by atoms with Gasteiger partial charge in [0, 0.05) is 6.42 Å². The van der Waals surface area contributed by atoms with Gasteiger partial charge in [-0.2, -0.15) is 0 Å². The van der Waals surface area contributed by atoms with Crippen LogP contribution in [0.1, 0.15) is 59.3 Å². The van der Waals surface area contributed by atoms with Gasteiger partial charge in [0.2, 0.25) is 0 Å². The number of carbonyl (C=O) groups excluding carboxylic acids is 2. The SMILES string of the molecule is CC(C)=CCCC(C)=CCCC1=CCC2=C(C1)C(=O)OC2=O. The smallest absolute Gasteiger partial charge is 0.342 e. The summed E-state index contributed by atoms with van der Waals surface area (Å²) in [5.74, 6) is -0.899. The summed E-state index contributed by atoms with van der Waals surface area (Å²) in [4.78, 5) is 23.0.